The molecule has 23 heavy (non-hydrogen) atoms. The predicted octanol–water partition coefficient (Wildman–Crippen LogP) is 1.76. The zero-order valence-corrected chi connectivity index (χ0v) is 15.3. The zero-order chi connectivity index (χ0) is 17.5. The fourth-order valence-corrected chi connectivity index (χ4v) is 2.81. The molecule has 1 N–H and O–H groups in total. The van der Waals surface area contributed by atoms with E-state index in [9.17, 15) is 8.42 Å². The second-order valence-electron chi connectivity index (χ2n) is 6.55. The van der Waals surface area contributed by atoms with Crippen LogP contribution in [0, 0.1) is 0 Å². The maximum atomic E-state index is 11.8. The average molecular weight is 341 g/mol. The third kappa shape index (κ3) is 3.64. The van der Waals surface area contributed by atoms with Gasteiger partial charge in [-0.25, -0.2) is 8.42 Å². The third-order valence-corrected chi connectivity index (χ3v) is 5.69. The molecule has 0 unspecified atom stereocenters. The van der Waals surface area contributed by atoms with Crippen molar-refractivity contribution in [1.82, 2.24) is 0 Å². The van der Waals surface area contributed by atoms with Crippen molar-refractivity contribution >= 4 is 28.3 Å². The fraction of sp³-hybridized carbons (Fsp3) is 0.600. The number of methoxy groups -OCH3 is 1. The lowest BCUT2D eigenvalue weighted by Crippen LogP contribution is -2.41. The Kier molecular flexibility index (Phi) is 4.72. The molecule has 0 saturated carbocycles. The summed E-state index contributed by atoms with van der Waals surface area (Å²) in [6.45, 7) is 9.45. The summed E-state index contributed by atoms with van der Waals surface area (Å²) in [6.07, 6.45) is 0. The van der Waals surface area contributed by atoms with Crippen LogP contribution in [0.4, 0.5) is 5.69 Å². The molecule has 0 amide bonds. The Balaban J connectivity index is 2.36. The maximum absolute atomic E-state index is 11.8. The summed E-state index contributed by atoms with van der Waals surface area (Å²) in [5.74, 6) is 0.430. The minimum Gasteiger partial charge on any atom is -0.495 e. The molecule has 1 aliphatic rings. The second kappa shape index (κ2) is 6.00. The van der Waals surface area contributed by atoms with Crippen molar-refractivity contribution in [3.8, 4) is 5.75 Å². The SMILES string of the molecule is CCS(=O)(=O)Nc1cc(B2OC(C)(C)C(C)(C)O2)ccc1OC. The van der Waals surface area contributed by atoms with Gasteiger partial charge in [-0.1, -0.05) is 6.07 Å². The van der Waals surface area contributed by atoms with Crippen LogP contribution in [-0.2, 0) is 19.3 Å². The molecule has 1 fully saturated rings. The highest BCUT2D eigenvalue weighted by molar-refractivity contribution is 7.92. The van der Waals surface area contributed by atoms with E-state index in [1.165, 1.54) is 7.11 Å². The number of ether oxygens (including phenoxy) is 1. The van der Waals surface area contributed by atoms with Gasteiger partial charge in [-0.05, 0) is 52.2 Å². The first kappa shape index (κ1) is 18.1. The number of benzene rings is 1. The van der Waals surface area contributed by atoms with E-state index in [-0.39, 0.29) is 5.75 Å². The highest BCUT2D eigenvalue weighted by Gasteiger charge is 2.51. The predicted molar refractivity (Wildman–Crippen MR) is 91.8 cm³/mol. The summed E-state index contributed by atoms with van der Waals surface area (Å²) in [4.78, 5) is 0. The molecule has 6 nitrogen and oxygen atoms in total. The summed E-state index contributed by atoms with van der Waals surface area (Å²) in [6, 6.07) is 5.20. The number of anilines is 1. The van der Waals surface area contributed by atoms with Crippen LogP contribution in [0.1, 0.15) is 34.6 Å². The second-order valence-corrected chi connectivity index (χ2v) is 8.56. The Bertz CT molecular complexity index is 671. The molecule has 1 aromatic carbocycles. The van der Waals surface area contributed by atoms with Gasteiger partial charge in [0, 0.05) is 0 Å². The van der Waals surface area contributed by atoms with Crippen molar-refractivity contribution in [3.63, 3.8) is 0 Å². The van der Waals surface area contributed by atoms with E-state index in [0.717, 1.165) is 5.46 Å². The molecule has 1 aliphatic heterocycles. The Labute approximate surface area is 138 Å². The molecule has 128 valence electrons. The molecule has 0 radical (unpaired) electrons. The first-order valence-electron chi connectivity index (χ1n) is 7.55. The number of nitrogens with one attached hydrogen (secondary N) is 1. The molecular formula is C15H24BNO5S. The quantitative estimate of drug-likeness (QED) is 0.826. The van der Waals surface area contributed by atoms with Crippen LogP contribution in [0.5, 0.6) is 5.75 Å². The lowest BCUT2D eigenvalue weighted by Gasteiger charge is -2.32. The number of hydrogen-bond acceptors (Lipinski definition) is 5. The largest absolute Gasteiger partial charge is 0.495 e. The zero-order valence-electron chi connectivity index (χ0n) is 14.5. The van der Waals surface area contributed by atoms with Gasteiger partial charge in [0.25, 0.3) is 0 Å². The molecule has 1 aromatic rings. The van der Waals surface area contributed by atoms with E-state index in [1.807, 2.05) is 33.8 Å². The molecule has 0 spiro atoms. The van der Waals surface area contributed by atoms with E-state index >= 15 is 0 Å². The average Bonchev–Trinajstić information content (AvgIpc) is 2.67. The van der Waals surface area contributed by atoms with Crippen LogP contribution in [0.25, 0.3) is 0 Å². The Morgan fingerprint density at radius 3 is 2.22 bits per heavy atom. The van der Waals surface area contributed by atoms with Gasteiger partial charge < -0.3 is 14.0 Å². The van der Waals surface area contributed by atoms with Gasteiger partial charge in [0.05, 0.1) is 29.8 Å². The third-order valence-electron chi connectivity index (χ3n) is 4.39. The fourth-order valence-electron chi connectivity index (χ4n) is 2.17. The minimum absolute atomic E-state index is 0.0170. The van der Waals surface area contributed by atoms with Crippen molar-refractivity contribution in [2.75, 3.05) is 17.6 Å². The summed E-state index contributed by atoms with van der Waals surface area (Å²) in [5.41, 5.74) is 0.196. The monoisotopic (exact) mass is 341 g/mol. The van der Waals surface area contributed by atoms with Crippen LogP contribution in [0.2, 0.25) is 0 Å². The van der Waals surface area contributed by atoms with Crippen molar-refractivity contribution in [3.05, 3.63) is 18.2 Å². The van der Waals surface area contributed by atoms with Crippen LogP contribution in [0.15, 0.2) is 18.2 Å². The van der Waals surface area contributed by atoms with Crippen LogP contribution >= 0.6 is 0 Å². The van der Waals surface area contributed by atoms with Crippen LogP contribution in [-0.4, -0.2) is 39.6 Å². The van der Waals surface area contributed by atoms with Gasteiger partial charge in [-0.15, -0.1) is 0 Å². The molecule has 0 atom stereocenters. The topological polar surface area (TPSA) is 73.9 Å². The molecule has 1 saturated heterocycles. The number of rotatable bonds is 5. The van der Waals surface area contributed by atoms with E-state index in [4.69, 9.17) is 14.0 Å². The highest BCUT2D eigenvalue weighted by Crippen LogP contribution is 2.37. The Hall–Kier alpha value is -1.25. The summed E-state index contributed by atoms with van der Waals surface area (Å²) >= 11 is 0. The van der Waals surface area contributed by atoms with Crippen molar-refractivity contribution < 1.29 is 22.5 Å². The smallest absolute Gasteiger partial charge is 0.494 e. The molecule has 0 aromatic heterocycles. The number of sulfonamides is 1. The van der Waals surface area contributed by atoms with E-state index < -0.39 is 28.3 Å². The van der Waals surface area contributed by atoms with E-state index in [1.54, 1.807) is 19.1 Å². The van der Waals surface area contributed by atoms with Crippen LogP contribution < -0.4 is 14.9 Å². The van der Waals surface area contributed by atoms with Crippen molar-refractivity contribution in [2.45, 2.75) is 45.8 Å². The van der Waals surface area contributed by atoms with Crippen molar-refractivity contribution in [1.29, 1.82) is 0 Å². The standard InChI is InChI=1S/C15H24BNO5S/c1-7-23(18,19)17-12-10-11(8-9-13(12)20-6)16-21-14(2,3)15(4,5)22-16/h8-10,17H,7H2,1-6H3. The van der Waals surface area contributed by atoms with E-state index in [2.05, 4.69) is 4.72 Å². The van der Waals surface area contributed by atoms with Gasteiger partial charge >= 0.3 is 7.12 Å². The Morgan fingerprint density at radius 1 is 1.17 bits per heavy atom. The maximum Gasteiger partial charge on any atom is 0.494 e. The lowest BCUT2D eigenvalue weighted by molar-refractivity contribution is 0.00578. The first-order chi connectivity index (χ1) is 10.5. The highest BCUT2D eigenvalue weighted by atomic mass is 32.2. The molecule has 1 heterocycles. The molecule has 0 bridgehead atoms. The van der Waals surface area contributed by atoms with Gasteiger partial charge in [0.15, 0.2) is 0 Å². The van der Waals surface area contributed by atoms with Gasteiger partial charge in [0.2, 0.25) is 10.0 Å². The Morgan fingerprint density at radius 2 is 1.74 bits per heavy atom. The number of hydrogen-bond donors (Lipinski definition) is 1. The molecule has 8 heteroatoms. The van der Waals surface area contributed by atoms with Gasteiger partial charge in [0.1, 0.15) is 5.75 Å². The summed E-state index contributed by atoms with van der Waals surface area (Å²) < 4.78 is 43.4. The van der Waals surface area contributed by atoms with Gasteiger partial charge in [-0.2, -0.15) is 0 Å². The van der Waals surface area contributed by atoms with Crippen LogP contribution in [0.3, 0.4) is 0 Å². The van der Waals surface area contributed by atoms with Gasteiger partial charge in [-0.3, -0.25) is 4.72 Å². The molecular weight excluding hydrogens is 317 g/mol. The molecule has 2 rings (SSSR count). The lowest BCUT2D eigenvalue weighted by atomic mass is 9.79. The summed E-state index contributed by atoms with van der Waals surface area (Å²) in [7, 11) is -2.47. The van der Waals surface area contributed by atoms with Crippen molar-refractivity contribution in [2.24, 2.45) is 0 Å². The normalized spacial score (nSPS) is 19.7. The first-order valence-corrected chi connectivity index (χ1v) is 9.20. The van der Waals surface area contributed by atoms with E-state index in [0.29, 0.717) is 11.4 Å². The molecule has 0 aliphatic carbocycles. The minimum atomic E-state index is -3.40. The summed E-state index contributed by atoms with van der Waals surface area (Å²) in [5, 5.41) is 0.